The second-order valence-corrected chi connectivity index (χ2v) is 7.35. The van der Waals surface area contributed by atoms with Crippen LogP contribution in [0.3, 0.4) is 0 Å². The molecule has 11 heteroatoms. The van der Waals surface area contributed by atoms with Crippen LogP contribution < -0.4 is 5.32 Å². The van der Waals surface area contributed by atoms with E-state index in [1.165, 1.54) is 43.0 Å². The highest BCUT2D eigenvalue weighted by atomic mass is 32.2. The highest BCUT2D eigenvalue weighted by molar-refractivity contribution is 8.00. The number of thioether (sulfide) groups is 1. The molecular weight excluding hydrogens is 404 g/mol. The third kappa shape index (κ3) is 3.81. The molecule has 1 unspecified atom stereocenters. The smallest absolute Gasteiger partial charge is 0.352 e. The van der Waals surface area contributed by atoms with E-state index in [0.29, 0.717) is 0 Å². The molecule has 10 nitrogen and oxygen atoms in total. The predicted octanol–water partition coefficient (Wildman–Crippen LogP) is 0.300. The van der Waals surface area contributed by atoms with Crippen LogP contribution in [-0.4, -0.2) is 68.6 Å². The summed E-state index contributed by atoms with van der Waals surface area (Å²) in [5.74, 6) is -4.38. The molecule has 3 N–H and O–H groups in total. The molecule has 0 aliphatic carbocycles. The van der Waals surface area contributed by atoms with Crippen LogP contribution in [0.25, 0.3) is 0 Å². The Morgan fingerprint density at radius 1 is 1.17 bits per heavy atom. The van der Waals surface area contributed by atoms with Crippen molar-refractivity contribution in [1.82, 2.24) is 10.2 Å². The number of rotatable bonds is 6. The molecule has 29 heavy (non-hydrogen) atoms. The summed E-state index contributed by atoms with van der Waals surface area (Å²) >= 11 is 1.21. The van der Waals surface area contributed by atoms with Crippen LogP contribution in [0, 0.1) is 0 Å². The van der Waals surface area contributed by atoms with Crippen molar-refractivity contribution >= 4 is 41.5 Å². The van der Waals surface area contributed by atoms with Gasteiger partial charge in [-0.2, -0.15) is 0 Å². The van der Waals surface area contributed by atoms with Gasteiger partial charge in [-0.05, 0) is 12.1 Å². The van der Waals surface area contributed by atoms with Crippen LogP contribution in [0.15, 0.2) is 35.5 Å². The van der Waals surface area contributed by atoms with Crippen molar-refractivity contribution in [2.24, 2.45) is 0 Å². The molecule has 152 valence electrons. The fourth-order valence-electron chi connectivity index (χ4n) is 3.07. The van der Waals surface area contributed by atoms with Crippen molar-refractivity contribution < 1.29 is 38.9 Å². The number of β-lactam (4-membered cyclic amide) rings is 1. The molecule has 0 bridgehead atoms. The first kappa shape index (κ1) is 20.4. The van der Waals surface area contributed by atoms with Gasteiger partial charge in [0.05, 0.1) is 11.1 Å². The summed E-state index contributed by atoms with van der Waals surface area (Å²) in [5, 5.41) is 20.5. The van der Waals surface area contributed by atoms with Gasteiger partial charge in [-0.25, -0.2) is 9.59 Å². The van der Waals surface area contributed by atoms with Crippen LogP contribution in [-0.2, 0) is 19.1 Å². The number of amides is 2. The number of esters is 1. The molecule has 0 saturated carbocycles. The molecule has 3 rings (SSSR count). The van der Waals surface area contributed by atoms with Crippen molar-refractivity contribution in [2.45, 2.75) is 18.3 Å². The first-order chi connectivity index (χ1) is 13.7. The minimum atomic E-state index is -1.34. The van der Waals surface area contributed by atoms with Crippen LogP contribution in [0.5, 0.6) is 0 Å². The minimum absolute atomic E-state index is 0.100. The van der Waals surface area contributed by atoms with E-state index in [0.717, 1.165) is 4.90 Å². The number of aliphatic carboxylic acids is 1. The monoisotopic (exact) mass is 420 g/mol. The zero-order valence-corrected chi connectivity index (χ0v) is 15.9. The van der Waals surface area contributed by atoms with Gasteiger partial charge in [0.1, 0.15) is 23.7 Å². The lowest BCUT2D eigenvalue weighted by atomic mass is 10.0. The lowest BCUT2D eigenvalue weighted by molar-refractivity contribution is -0.149. The Morgan fingerprint density at radius 2 is 1.83 bits per heavy atom. The largest absolute Gasteiger partial charge is 0.478 e. The average Bonchev–Trinajstić information content (AvgIpc) is 2.69. The van der Waals surface area contributed by atoms with Gasteiger partial charge in [-0.1, -0.05) is 12.1 Å². The van der Waals surface area contributed by atoms with Gasteiger partial charge in [-0.15, -0.1) is 11.8 Å². The van der Waals surface area contributed by atoms with Gasteiger partial charge in [0.15, 0.2) is 0 Å². The molecule has 0 spiro atoms. The number of carboxylic acid groups (broad SMARTS) is 2. The number of fused-ring (bicyclic) bond motifs is 1. The number of hydrogen-bond acceptors (Lipinski definition) is 7. The number of aromatic carboxylic acids is 1. The van der Waals surface area contributed by atoms with Crippen LogP contribution in [0.2, 0.25) is 0 Å². The number of nitrogens with one attached hydrogen (secondary N) is 1. The number of carbonyl (C=O) groups excluding carboxylic acids is 3. The van der Waals surface area contributed by atoms with Crippen LogP contribution in [0.1, 0.15) is 27.6 Å². The van der Waals surface area contributed by atoms with Crippen molar-refractivity contribution in [3.05, 3.63) is 46.7 Å². The maximum absolute atomic E-state index is 12.6. The average molecular weight is 420 g/mol. The second-order valence-electron chi connectivity index (χ2n) is 6.25. The summed E-state index contributed by atoms with van der Waals surface area (Å²) < 4.78 is 4.85. The number of carboxylic acids is 2. The maximum atomic E-state index is 12.6. The number of hydrogen-bond donors (Lipinski definition) is 3. The van der Waals surface area contributed by atoms with Crippen LogP contribution >= 0.6 is 11.8 Å². The Labute approximate surface area is 168 Å². The zero-order chi connectivity index (χ0) is 21.3. The first-order valence-corrected chi connectivity index (χ1v) is 9.43. The fraction of sp³-hybridized carbons (Fsp3) is 0.278. The molecule has 0 aromatic heterocycles. The molecule has 0 radical (unpaired) electrons. The molecule has 1 saturated heterocycles. The van der Waals surface area contributed by atoms with Gasteiger partial charge < -0.3 is 20.3 Å². The number of carbonyl (C=O) groups is 5. The normalized spacial score (nSPS) is 20.4. The van der Waals surface area contributed by atoms with Crippen molar-refractivity contribution in [2.75, 3.05) is 12.4 Å². The van der Waals surface area contributed by atoms with E-state index in [1.54, 1.807) is 0 Å². The summed E-state index contributed by atoms with van der Waals surface area (Å²) in [6, 6.07) is 4.57. The van der Waals surface area contributed by atoms with Gasteiger partial charge in [-0.3, -0.25) is 19.3 Å². The minimum Gasteiger partial charge on any atom is -0.478 e. The van der Waals surface area contributed by atoms with E-state index in [-0.39, 0.29) is 34.8 Å². The van der Waals surface area contributed by atoms with E-state index in [1.807, 2.05) is 0 Å². The number of benzene rings is 1. The highest BCUT2D eigenvalue weighted by Gasteiger charge is 2.54. The van der Waals surface area contributed by atoms with Crippen molar-refractivity contribution in [3.8, 4) is 0 Å². The molecule has 2 aliphatic heterocycles. The second kappa shape index (κ2) is 7.95. The summed E-state index contributed by atoms with van der Waals surface area (Å²) in [6.45, 7) is 0.943. The van der Waals surface area contributed by atoms with Gasteiger partial charge in [0.2, 0.25) is 0 Å². The van der Waals surface area contributed by atoms with E-state index in [4.69, 9.17) is 4.74 Å². The summed E-state index contributed by atoms with van der Waals surface area (Å²) in [5.41, 5.74) is -0.295. The fourth-order valence-corrected chi connectivity index (χ4v) is 4.40. The Kier molecular flexibility index (Phi) is 5.59. The Morgan fingerprint density at radius 3 is 2.41 bits per heavy atom. The molecule has 1 fully saturated rings. The SMILES string of the molecule is CC(=O)OCC1=C(C(=O)O)N2C(=O)C(NC(=O)c3ccccc3C(=O)O)[C@H]2SC1. The van der Waals surface area contributed by atoms with Crippen molar-refractivity contribution in [3.63, 3.8) is 0 Å². The molecule has 2 atom stereocenters. The summed E-state index contributed by atoms with van der Waals surface area (Å²) in [7, 11) is 0. The van der Waals surface area contributed by atoms with E-state index < -0.39 is 41.1 Å². The summed E-state index contributed by atoms with van der Waals surface area (Å²) in [6.07, 6.45) is 0. The Bertz CT molecular complexity index is 957. The highest BCUT2D eigenvalue weighted by Crippen LogP contribution is 2.40. The van der Waals surface area contributed by atoms with E-state index in [2.05, 4.69) is 5.32 Å². The molecular formula is C18H16N2O8S. The Hall–Kier alpha value is -3.34. The summed E-state index contributed by atoms with van der Waals surface area (Å²) in [4.78, 5) is 60.1. The third-order valence-corrected chi connectivity index (χ3v) is 5.73. The molecule has 2 aliphatic rings. The Balaban J connectivity index is 1.79. The lowest BCUT2D eigenvalue weighted by Gasteiger charge is -2.49. The van der Waals surface area contributed by atoms with Gasteiger partial charge in [0, 0.05) is 18.2 Å². The number of ether oxygens (including phenoxy) is 1. The van der Waals surface area contributed by atoms with Gasteiger partial charge in [0.25, 0.3) is 11.8 Å². The van der Waals surface area contributed by atoms with E-state index >= 15 is 0 Å². The molecule has 2 amide bonds. The zero-order valence-electron chi connectivity index (χ0n) is 15.1. The van der Waals surface area contributed by atoms with Gasteiger partial charge >= 0.3 is 17.9 Å². The molecule has 2 heterocycles. The predicted molar refractivity (Wildman–Crippen MR) is 99.0 cm³/mol. The van der Waals surface area contributed by atoms with Crippen molar-refractivity contribution in [1.29, 1.82) is 0 Å². The lowest BCUT2D eigenvalue weighted by Crippen LogP contribution is -2.70. The van der Waals surface area contributed by atoms with Crippen LogP contribution in [0.4, 0.5) is 0 Å². The number of nitrogens with zero attached hydrogens (tertiary/aromatic N) is 1. The van der Waals surface area contributed by atoms with E-state index in [9.17, 15) is 34.2 Å². The first-order valence-electron chi connectivity index (χ1n) is 8.39. The molecule has 1 aromatic carbocycles. The quantitative estimate of drug-likeness (QED) is 0.436. The maximum Gasteiger partial charge on any atom is 0.352 e. The third-order valence-electron chi connectivity index (χ3n) is 4.39. The standard InChI is InChI=1S/C18H16N2O8S/c1-8(21)28-6-9-7-29-16-12(15(23)20(16)13(9)18(26)27)19-14(22)10-4-2-3-5-11(10)17(24)25/h2-5,12,16H,6-7H2,1H3,(H,19,22)(H,24,25)(H,26,27)/t12?,16-/m1/s1. The topological polar surface area (TPSA) is 150 Å². The molecule has 1 aromatic rings.